The van der Waals surface area contributed by atoms with E-state index >= 15 is 0 Å². The summed E-state index contributed by atoms with van der Waals surface area (Å²) in [5.41, 5.74) is 3.82. The molecule has 0 aromatic heterocycles. The summed E-state index contributed by atoms with van der Waals surface area (Å²) in [4.78, 5) is 30.2. The molecule has 0 saturated carbocycles. The molecule has 6 rings (SSSR count). The third kappa shape index (κ3) is 2.81. The molecule has 4 aliphatic rings. The average Bonchev–Trinajstić information content (AvgIpc) is 3.34. The maximum absolute atomic E-state index is 13.4. The van der Waals surface area contributed by atoms with E-state index in [2.05, 4.69) is 28.9 Å². The minimum atomic E-state index is -0.489. The molecule has 6 heteroatoms. The van der Waals surface area contributed by atoms with Crippen molar-refractivity contribution in [3.05, 3.63) is 48.2 Å². The Hall–Kier alpha value is -2.86. The number of benzene rings is 2. The highest BCUT2D eigenvalue weighted by Crippen LogP contribution is 2.45. The zero-order valence-electron chi connectivity index (χ0n) is 17.7. The number of anilines is 2. The maximum Gasteiger partial charge on any atom is 0.259 e. The molecule has 0 bridgehead atoms. The fourth-order valence-electron chi connectivity index (χ4n) is 5.85. The molecule has 0 aliphatic carbocycles. The number of rotatable bonds is 2. The van der Waals surface area contributed by atoms with E-state index in [1.165, 1.54) is 12.1 Å². The number of carbonyl (C=O) groups excluding carboxylic acids is 2. The van der Waals surface area contributed by atoms with Crippen LogP contribution in [0.25, 0.3) is 10.8 Å². The third-order valence-electron chi connectivity index (χ3n) is 7.69. The topological polar surface area (TPSA) is 61.9 Å². The van der Waals surface area contributed by atoms with Crippen LogP contribution in [-0.4, -0.2) is 44.2 Å². The van der Waals surface area contributed by atoms with Gasteiger partial charge in [0.05, 0.1) is 17.9 Å². The van der Waals surface area contributed by atoms with E-state index in [1.807, 2.05) is 18.2 Å². The van der Waals surface area contributed by atoms with Crippen LogP contribution in [0, 0.1) is 5.41 Å². The first kappa shape index (κ1) is 18.9. The second kappa shape index (κ2) is 6.82. The highest BCUT2D eigenvalue weighted by molar-refractivity contribution is 6.28. The second-order valence-electron chi connectivity index (χ2n) is 9.44. The van der Waals surface area contributed by atoms with Crippen molar-refractivity contribution in [2.24, 2.45) is 5.41 Å². The molecule has 2 aromatic carbocycles. The van der Waals surface area contributed by atoms with Gasteiger partial charge in [-0.25, -0.2) is 0 Å². The Morgan fingerprint density at radius 1 is 1.06 bits per heavy atom. The first-order valence-corrected chi connectivity index (χ1v) is 11.3. The molecule has 1 unspecified atom stereocenters. The van der Waals surface area contributed by atoms with E-state index < -0.39 is 6.04 Å². The molecule has 31 heavy (non-hydrogen) atoms. The summed E-state index contributed by atoms with van der Waals surface area (Å²) in [7, 11) is 0. The first-order valence-electron chi connectivity index (χ1n) is 11.3. The molecule has 0 radical (unpaired) electrons. The van der Waals surface area contributed by atoms with E-state index in [0.29, 0.717) is 23.8 Å². The maximum atomic E-state index is 13.4. The Balaban J connectivity index is 1.37. The van der Waals surface area contributed by atoms with Crippen LogP contribution in [0.5, 0.6) is 0 Å². The van der Waals surface area contributed by atoms with Gasteiger partial charge in [-0.1, -0.05) is 18.7 Å². The molecule has 2 aromatic rings. The molecule has 160 valence electrons. The van der Waals surface area contributed by atoms with E-state index in [0.717, 1.165) is 61.3 Å². The number of carbonyl (C=O) groups is 2. The van der Waals surface area contributed by atoms with Crippen molar-refractivity contribution < 1.29 is 14.3 Å². The largest absolute Gasteiger partial charge is 0.381 e. The first-order chi connectivity index (χ1) is 15.1. The SMILES string of the molecule is C=C1CCC(N2C(=O)c3ccc(N4CCC5(CCOC5)CC4)c4cccc2c34)C(=O)N1. The lowest BCUT2D eigenvalue weighted by atomic mass is 9.78. The molecule has 4 heterocycles. The van der Waals surface area contributed by atoms with E-state index in [1.54, 1.807) is 4.90 Å². The van der Waals surface area contributed by atoms with Crippen LogP contribution in [0.4, 0.5) is 11.4 Å². The van der Waals surface area contributed by atoms with Gasteiger partial charge in [0.1, 0.15) is 6.04 Å². The number of nitrogens with zero attached hydrogens (tertiary/aromatic N) is 2. The van der Waals surface area contributed by atoms with Crippen molar-refractivity contribution in [3.8, 4) is 0 Å². The van der Waals surface area contributed by atoms with Gasteiger partial charge < -0.3 is 15.0 Å². The highest BCUT2D eigenvalue weighted by Gasteiger charge is 2.41. The Morgan fingerprint density at radius 2 is 1.90 bits per heavy atom. The van der Waals surface area contributed by atoms with Crippen molar-refractivity contribution >= 4 is 34.0 Å². The van der Waals surface area contributed by atoms with Crippen LogP contribution in [0.2, 0.25) is 0 Å². The summed E-state index contributed by atoms with van der Waals surface area (Å²) < 4.78 is 5.69. The monoisotopic (exact) mass is 417 g/mol. The van der Waals surface area contributed by atoms with Crippen molar-refractivity contribution in [3.63, 3.8) is 0 Å². The van der Waals surface area contributed by atoms with Crippen LogP contribution >= 0.6 is 0 Å². The van der Waals surface area contributed by atoms with Crippen molar-refractivity contribution in [2.45, 2.75) is 38.1 Å². The van der Waals surface area contributed by atoms with Crippen molar-refractivity contribution in [2.75, 3.05) is 36.1 Å². The molecule has 4 aliphatic heterocycles. The highest BCUT2D eigenvalue weighted by atomic mass is 16.5. The molecule has 1 N–H and O–H groups in total. The summed E-state index contributed by atoms with van der Waals surface area (Å²) in [5.74, 6) is -0.221. The number of hydrogen-bond acceptors (Lipinski definition) is 4. The molecule has 1 atom stereocenters. The lowest BCUT2D eigenvalue weighted by molar-refractivity contribution is -0.122. The smallest absolute Gasteiger partial charge is 0.259 e. The van der Waals surface area contributed by atoms with Crippen LogP contribution < -0.4 is 15.1 Å². The standard InChI is InChI=1S/C25H27N3O3/c1-16-5-7-21(23(29)26-16)28-20-4-2-3-17-19(8-6-18(22(17)20)24(28)30)27-12-9-25(10-13-27)11-14-31-15-25/h2-4,6,8,21H,1,5,7,9-15H2,(H,26,29). The van der Waals surface area contributed by atoms with Gasteiger partial charge in [0.2, 0.25) is 5.91 Å². The van der Waals surface area contributed by atoms with Crippen molar-refractivity contribution in [1.82, 2.24) is 5.32 Å². The lowest BCUT2D eigenvalue weighted by Gasteiger charge is -2.40. The summed E-state index contributed by atoms with van der Waals surface area (Å²) in [5, 5.41) is 4.91. The molecule has 3 fully saturated rings. The third-order valence-corrected chi connectivity index (χ3v) is 7.69. The number of nitrogens with one attached hydrogen (secondary N) is 1. The number of ether oxygens (including phenoxy) is 1. The van der Waals surface area contributed by atoms with E-state index in [9.17, 15) is 9.59 Å². The van der Waals surface area contributed by atoms with Gasteiger partial charge in [0, 0.05) is 41.9 Å². The zero-order chi connectivity index (χ0) is 21.2. The number of allylic oxidation sites excluding steroid dienone is 1. The number of amides is 2. The molecular formula is C25H27N3O3. The minimum absolute atomic E-state index is 0.0777. The van der Waals surface area contributed by atoms with Crippen LogP contribution in [0.3, 0.4) is 0 Å². The Morgan fingerprint density at radius 3 is 2.65 bits per heavy atom. The average molecular weight is 418 g/mol. The fraction of sp³-hybridized carbons (Fsp3) is 0.440. The van der Waals surface area contributed by atoms with Crippen LogP contribution in [0.15, 0.2) is 42.6 Å². The minimum Gasteiger partial charge on any atom is -0.381 e. The number of hydrogen-bond donors (Lipinski definition) is 1. The predicted molar refractivity (Wildman–Crippen MR) is 120 cm³/mol. The Bertz CT molecular complexity index is 1110. The van der Waals surface area contributed by atoms with E-state index in [-0.39, 0.29) is 11.8 Å². The van der Waals surface area contributed by atoms with Gasteiger partial charge in [-0.05, 0) is 55.7 Å². The molecular weight excluding hydrogens is 390 g/mol. The lowest BCUT2D eigenvalue weighted by Crippen LogP contribution is -2.51. The summed E-state index contributed by atoms with van der Waals surface area (Å²) >= 11 is 0. The van der Waals surface area contributed by atoms with Gasteiger partial charge >= 0.3 is 0 Å². The normalized spacial score (nSPS) is 25.0. The Labute approximate surface area is 181 Å². The van der Waals surface area contributed by atoms with Crippen LogP contribution in [-0.2, 0) is 9.53 Å². The molecule has 1 spiro atoms. The summed E-state index contributed by atoms with van der Waals surface area (Å²) in [6, 6.07) is 9.64. The molecule has 6 nitrogen and oxygen atoms in total. The fourth-order valence-corrected chi connectivity index (χ4v) is 5.85. The van der Waals surface area contributed by atoms with Crippen molar-refractivity contribution in [1.29, 1.82) is 0 Å². The molecule has 2 amide bonds. The Kier molecular flexibility index (Phi) is 4.15. The van der Waals surface area contributed by atoms with E-state index in [4.69, 9.17) is 4.74 Å². The van der Waals surface area contributed by atoms with Gasteiger partial charge in [-0.15, -0.1) is 0 Å². The van der Waals surface area contributed by atoms with Gasteiger partial charge in [0.15, 0.2) is 0 Å². The van der Waals surface area contributed by atoms with Crippen LogP contribution in [0.1, 0.15) is 42.5 Å². The quantitative estimate of drug-likeness (QED) is 0.811. The zero-order valence-corrected chi connectivity index (χ0v) is 17.7. The summed E-state index contributed by atoms with van der Waals surface area (Å²) in [6.07, 6.45) is 4.76. The van der Waals surface area contributed by atoms with Gasteiger partial charge in [-0.2, -0.15) is 0 Å². The number of piperidine rings is 2. The predicted octanol–water partition coefficient (Wildman–Crippen LogP) is 3.60. The van der Waals surface area contributed by atoms with Gasteiger partial charge in [0.25, 0.3) is 5.91 Å². The second-order valence-corrected chi connectivity index (χ2v) is 9.44. The summed E-state index contributed by atoms with van der Waals surface area (Å²) in [6.45, 7) is 7.66. The van der Waals surface area contributed by atoms with Gasteiger partial charge in [-0.3, -0.25) is 14.5 Å². The molecule has 3 saturated heterocycles.